The van der Waals surface area contributed by atoms with Gasteiger partial charge in [0.2, 0.25) is 0 Å². The van der Waals surface area contributed by atoms with Crippen LogP contribution in [0.25, 0.3) is 11.3 Å². The minimum atomic E-state index is -3.78. The second kappa shape index (κ2) is 8.16. The molecule has 0 saturated carbocycles. The molecule has 8 heteroatoms. The van der Waals surface area contributed by atoms with Crippen molar-refractivity contribution in [2.75, 3.05) is 22.7 Å². The van der Waals surface area contributed by atoms with Gasteiger partial charge >= 0.3 is 0 Å². The minimum absolute atomic E-state index is 0.00199. The van der Waals surface area contributed by atoms with Crippen LogP contribution in [0.2, 0.25) is 0 Å². The highest BCUT2D eigenvalue weighted by Gasteiger charge is 2.15. The van der Waals surface area contributed by atoms with E-state index in [1.807, 2.05) is 12.1 Å². The van der Waals surface area contributed by atoms with Crippen LogP contribution in [-0.2, 0) is 10.0 Å². The molecule has 1 aliphatic rings. The first kappa shape index (κ1) is 19.3. The van der Waals surface area contributed by atoms with E-state index in [0.29, 0.717) is 5.69 Å². The van der Waals surface area contributed by atoms with Crippen LogP contribution in [0.3, 0.4) is 0 Å². The van der Waals surface area contributed by atoms with Gasteiger partial charge in [-0.05, 0) is 67.8 Å². The van der Waals surface area contributed by atoms with Crippen LogP contribution in [0, 0.1) is 5.82 Å². The Kier molecular flexibility index (Phi) is 5.44. The number of sulfonamides is 1. The van der Waals surface area contributed by atoms with E-state index in [1.165, 1.54) is 31.4 Å². The van der Waals surface area contributed by atoms with Crippen molar-refractivity contribution in [3.8, 4) is 11.3 Å². The molecule has 0 bridgehead atoms. The summed E-state index contributed by atoms with van der Waals surface area (Å²) in [6.07, 6.45) is 3.62. The Bertz CT molecular complexity index is 1060. The summed E-state index contributed by atoms with van der Waals surface area (Å²) in [7, 11) is -3.78. The van der Waals surface area contributed by atoms with Crippen molar-refractivity contribution in [2.24, 2.45) is 0 Å². The molecule has 150 valence electrons. The maximum absolute atomic E-state index is 13.0. The first-order valence-electron chi connectivity index (χ1n) is 9.49. The van der Waals surface area contributed by atoms with Gasteiger partial charge in [0.15, 0.2) is 5.82 Å². The van der Waals surface area contributed by atoms with Gasteiger partial charge in [0.1, 0.15) is 5.82 Å². The van der Waals surface area contributed by atoms with Crippen LogP contribution in [0.4, 0.5) is 15.9 Å². The first-order valence-corrected chi connectivity index (χ1v) is 11.0. The molecule has 3 aromatic rings. The molecule has 0 amide bonds. The number of rotatable bonds is 5. The third-order valence-electron chi connectivity index (χ3n) is 4.89. The lowest BCUT2D eigenvalue weighted by Crippen LogP contribution is -2.30. The summed E-state index contributed by atoms with van der Waals surface area (Å²) in [5, 5.41) is 8.66. The number of hydrogen-bond donors (Lipinski definition) is 1. The summed E-state index contributed by atoms with van der Waals surface area (Å²) in [5.41, 5.74) is 1.97. The summed E-state index contributed by atoms with van der Waals surface area (Å²) in [6, 6.07) is 15.5. The molecule has 29 heavy (non-hydrogen) atoms. The molecule has 0 unspecified atom stereocenters. The Balaban J connectivity index is 1.47. The van der Waals surface area contributed by atoms with Crippen LogP contribution >= 0.6 is 0 Å². The number of benzene rings is 2. The van der Waals surface area contributed by atoms with Crippen LogP contribution < -0.4 is 9.62 Å². The third-order valence-corrected chi connectivity index (χ3v) is 6.28. The van der Waals surface area contributed by atoms with E-state index in [-0.39, 0.29) is 4.90 Å². The molecule has 1 fully saturated rings. The van der Waals surface area contributed by atoms with Gasteiger partial charge < -0.3 is 4.90 Å². The lowest BCUT2D eigenvalue weighted by Gasteiger charge is -2.27. The number of halogens is 1. The maximum atomic E-state index is 13.0. The zero-order valence-corrected chi connectivity index (χ0v) is 16.6. The molecule has 4 rings (SSSR count). The Hall–Kier alpha value is -3.00. The average molecular weight is 412 g/mol. The molecule has 2 aromatic carbocycles. The minimum Gasteiger partial charge on any atom is -0.355 e. The van der Waals surface area contributed by atoms with Gasteiger partial charge in [-0.15, -0.1) is 10.2 Å². The zero-order valence-electron chi connectivity index (χ0n) is 15.8. The van der Waals surface area contributed by atoms with Crippen LogP contribution in [-0.4, -0.2) is 31.7 Å². The van der Waals surface area contributed by atoms with Gasteiger partial charge in [0.05, 0.1) is 10.6 Å². The van der Waals surface area contributed by atoms with Crippen molar-refractivity contribution in [1.29, 1.82) is 0 Å². The molecule has 0 spiro atoms. The van der Waals surface area contributed by atoms with Crippen molar-refractivity contribution in [3.63, 3.8) is 0 Å². The maximum Gasteiger partial charge on any atom is 0.261 e. The van der Waals surface area contributed by atoms with E-state index in [2.05, 4.69) is 19.8 Å². The number of aromatic nitrogens is 2. The Labute approximate surface area is 169 Å². The summed E-state index contributed by atoms with van der Waals surface area (Å²) < 4.78 is 40.3. The van der Waals surface area contributed by atoms with Gasteiger partial charge in [-0.1, -0.05) is 12.1 Å². The Morgan fingerprint density at radius 2 is 1.52 bits per heavy atom. The molecule has 0 aliphatic carbocycles. The monoisotopic (exact) mass is 412 g/mol. The van der Waals surface area contributed by atoms with Crippen LogP contribution in [0.15, 0.2) is 65.6 Å². The van der Waals surface area contributed by atoms with Crippen LogP contribution in [0.5, 0.6) is 0 Å². The quantitative estimate of drug-likeness (QED) is 0.684. The number of piperidine rings is 1. The summed E-state index contributed by atoms with van der Waals surface area (Å²) in [6.45, 7) is 2.02. The van der Waals surface area contributed by atoms with Crippen molar-refractivity contribution >= 4 is 21.5 Å². The summed E-state index contributed by atoms with van der Waals surface area (Å²) in [5.74, 6) is 0.401. The lowest BCUT2D eigenvalue weighted by molar-refractivity contribution is 0.571. The zero-order chi connectivity index (χ0) is 20.3. The second-order valence-corrected chi connectivity index (χ2v) is 8.64. The fourth-order valence-corrected chi connectivity index (χ4v) is 4.37. The molecular formula is C21H21FN4O2S. The fourth-order valence-electron chi connectivity index (χ4n) is 3.31. The van der Waals surface area contributed by atoms with Crippen molar-refractivity contribution < 1.29 is 12.8 Å². The number of hydrogen-bond acceptors (Lipinski definition) is 5. The number of anilines is 2. The lowest BCUT2D eigenvalue weighted by atomic mass is 10.1. The predicted molar refractivity (Wildman–Crippen MR) is 111 cm³/mol. The van der Waals surface area contributed by atoms with E-state index >= 15 is 0 Å². The molecule has 2 heterocycles. The van der Waals surface area contributed by atoms with E-state index in [9.17, 15) is 12.8 Å². The molecular weight excluding hydrogens is 391 g/mol. The Morgan fingerprint density at radius 3 is 2.14 bits per heavy atom. The van der Waals surface area contributed by atoms with Crippen LogP contribution in [0.1, 0.15) is 19.3 Å². The van der Waals surface area contributed by atoms with Gasteiger partial charge in [-0.25, -0.2) is 12.8 Å². The van der Waals surface area contributed by atoms with Crippen molar-refractivity contribution in [1.82, 2.24) is 10.2 Å². The topological polar surface area (TPSA) is 75.2 Å². The smallest absolute Gasteiger partial charge is 0.261 e. The normalized spacial score (nSPS) is 14.6. The highest BCUT2D eigenvalue weighted by Crippen LogP contribution is 2.23. The molecule has 1 aromatic heterocycles. The van der Waals surface area contributed by atoms with E-state index in [4.69, 9.17) is 0 Å². The summed E-state index contributed by atoms with van der Waals surface area (Å²) >= 11 is 0. The van der Waals surface area contributed by atoms with Gasteiger partial charge in [0, 0.05) is 24.3 Å². The molecule has 0 atom stereocenters. The molecule has 6 nitrogen and oxygen atoms in total. The standard InChI is InChI=1S/C21H21FN4O2S/c22-17-6-10-19(11-7-17)29(27,28)25-18-8-4-16(5-9-18)20-12-13-21(24-23-20)26-14-2-1-3-15-26/h4-13,25H,1-3,14-15H2. The molecule has 1 N–H and O–H groups in total. The highest BCUT2D eigenvalue weighted by molar-refractivity contribution is 7.92. The fraction of sp³-hybridized carbons (Fsp3) is 0.238. The summed E-state index contributed by atoms with van der Waals surface area (Å²) in [4.78, 5) is 2.25. The predicted octanol–water partition coefficient (Wildman–Crippen LogP) is 4.07. The van der Waals surface area contributed by atoms with Gasteiger partial charge in [-0.3, -0.25) is 4.72 Å². The van der Waals surface area contributed by atoms with Crippen molar-refractivity contribution in [3.05, 3.63) is 66.5 Å². The number of nitrogens with zero attached hydrogens (tertiary/aromatic N) is 3. The van der Waals surface area contributed by atoms with E-state index in [1.54, 1.807) is 24.3 Å². The van der Waals surface area contributed by atoms with Crippen molar-refractivity contribution in [2.45, 2.75) is 24.2 Å². The first-order chi connectivity index (χ1) is 14.0. The molecule has 1 saturated heterocycles. The highest BCUT2D eigenvalue weighted by atomic mass is 32.2. The largest absolute Gasteiger partial charge is 0.355 e. The third kappa shape index (κ3) is 4.54. The number of nitrogens with one attached hydrogen (secondary N) is 1. The average Bonchev–Trinajstić information content (AvgIpc) is 2.75. The molecule has 1 aliphatic heterocycles. The second-order valence-electron chi connectivity index (χ2n) is 6.96. The SMILES string of the molecule is O=S(=O)(Nc1ccc(-c2ccc(N3CCCCC3)nn2)cc1)c1ccc(F)cc1. The molecule has 0 radical (unpaired) electrons. The van der Waals surface area contributed by atoms with Gasteiger partial charge in [0.25, 0.3) is 10.0 Å². The van der Waals surface area contributed by atoms with E-state index in [0.717, 1.165) is 42.3 Å². The Morgan fingerprint density at radius 1 is 0.828 bits per heavy atom. The van der Waals surface area contributed by atoms with Gasteiger partial charge in [-0.2, -0.15) is 0 Å². The van der Waals surface area contributed by atoms with E-state index < -0.39 is 15.8 Å².